The lowest BCUT2D eigenvalue weighted by Crippen LogP contribution is -2.25. The standard InChI is InChI=1S/C23H20N2O3S/c26-21(20-9-4-12-29-20)18-7-1-2-8-19(18)23(28)24-14-15-5-3-6-17(13-15)25-22(27)16-10-11-16/h1-9,12-13,16H,10-11,14H2,(H,24,28)(H,25,27). The van der Waals surface area contributed by atoms with E-state index in [4.69, 9.17) is 0 Å². The molecule has 1 aliphatic rings. The zero-order chi connectivity index (χ0) is 20.2. The second-order valence-corrected chi connectivity index (χ2v) is 7.95. The Morgan fingerprint density at radius 1 is 0.931 bits per heavy atom. The van der Waals surface area contributed by atoms with Crippen molar-refractivity contribution in [2.75, 3.05) is 5.32 Å². The summed E-state index contributed by atoms with van der Waals surface area (Å²) in [6.07, 6.45) is 1.90. The minimum Gasteiger partial charge on any atom is -0.348 e. The molecule has 0 radical (unpaired) electrons. The number of hydrogen-bond acceptors (Lipinski definition) is 4. The molecule has 0 unspecified atom stereocenters. The largest absolute Gasteiger partial charge is 0.348 e. The highest BCUT2D eigenvalue weighted by Crippen LogP contribution is 2.30. The molecule has 1 heterocycles. The highest BCUT2D eigenvalue weighted by atomic mass is 32.1. The molecule has 0 spiro atoms. The number of anilines is 1. The summed E-state index contributed by atoms with van der Waals surface area (Å²) in [5.74, 6) is -0.281. The third-order valence-corrected chi connectivity index (χ3v) is 5.63. The summed E-state index contributed by atoms with van der Waals surface area (Å²) in [4.78, 5) is 38.0. The lowest BCUT2D eigenvalue weighted by molar-refractivity contribution is -0.117. The van der Waals surface area contributed by atoms with Gasteiger partial charge in [0.1, 0.15) is 0 Å². The molecule has 1 aliphatic carbocycles. The topological polar surface area (TPSA) is 75.3 Å². The van der Waals surface area contributed by atoms with Crippen LogP contribution in [0, 0.1) is 5.92 Å². The Morgan fingerprint density at radius 3 is 2.45 bits per heavy atom. The van der Waals surface area contributed by atoms with Crippen LogP contribution in [0.1, 0.15) is 44.0 Å². The maximum absolute atomic E-state index is 12.7. The third kappa shape index (κ3) is 4.60. The smallest absolute Gasteiger partial charge is 0.252 e. The molecule has 1 aromatic heterocycles. The molecule has 0 saturated heterocycles. The van der Waals surface area contributed by atoms with Gasteiger partial charge in [-0.2, -0.15) is 0 Å². The van der Waals surface area contributed by atoms with Crippen LogP contribution >= 0.6 is 11.3 Å². The molecule has 6 heteroatoms. The van der Waals surface area contributed by atoms with Crippen molar-refractivity contribution in [1.29, 1.82) is 0 Å². The second kappa shape index (κ2) is 8.41. The molecule has 29 heavy (non-hydrogen) atoms. The minimum absolute atomic E-state index is 0.0483. The fourth-order valence-electron chi connectivity index (χ4n) is 3.05. The number of amides is 2. The average molecular weight is 404 g/mol. The van der Waals surface area contributed by atoms with Gasteiger partial charge in [0.25, 0.3) is 5.91 Å². The first-order chi connectivity index (χ1) is 14.1. The molecule has 2 N–H and O–H groups in total. The molecule has 1 fully saturated rings. The normalized spacial score (nSPS) is 13.0. The van der Waals surface area contributed by atoms with Gasteiger partial charge in [0.05, 0.1) is 10.4 Å². The minimum atomic E-state index is -0.307. The van der Waals surface area contributed by atoms with Gasteiger partial charge in [0.15, 0.2) is 0 Å². The molecular formula is C23H20N2O3S. The summed E-state index contributed by atoms with van der Waals surface area (Å²) in [5.41, 5.74) is 2.33. The van der Waals surface area contributed by atoms with E-state index in [1.165, 1.54) is 11.3 Å². The summed E-state index contributed by atoms with van der Waals surface area (Å²) in [5, 5.41) is 7.62. The van der Waals surface area contributed by atoms with E-state index >= 15 is 0 Å². The Kier molecular flexibility index (Phi) is 5.53. The monoisotopic (exact) mass is 404 g/mol. The fourth-order valence-corrected chi connectivity index (χ4v) is 3.72. The second-order valence-electron chi connectivity index (χ2n) is 7.00. The maximum atomic E-state index is 12.7. The number of hydrogen-bond donors (Lipinski definition) is 2. The van der Waals surface area contributed by atoms with E-state index in [9.17, 15) is 14.4 Å². The van der Waals surface area contributed by atoms with E-state index in [0.717, 1.165) is 24.1 Å². The van der Waals surface area contributed by atoms with Crippen molar-refractivity contribution in [3.05, 3.63) is 87.6 Å². The Hall–Kier alpha value is -3.25. The van der Waals surface area contributed by atoms with Gasteiger partial charge in [0.2, 0.25) is 11.7 Å². The molecule has 0 aliphatic heterocycles. The Morgan fingerprint density at radius 2 is 1.72 bits per heavy atom. The Labute approximate surface area is 172 Å². The van der Waals surface area contributed by atoms with Gasteiger partial charge in [-0.15, -0.1) is 11.3 Å². The summed E-state index contributed by atoms with van der Waals surface area (Å²) >= 11 is 1.35. The van der Waals surface area contributed by atoms with Crippen LogP contribution in [-0.2, 0) is 11.3 Å². The van der Waals surface area contributed by atoms with Crippen LogP contribution in [0.15, 0.2) is 66.0 Å². The first-order valence-electron chi connectivity index (χ1n) is 9.47. The van der Waals surface area contributed by atoms with E-state index in [1.54, 1.807) is 30.3 Å². The number of benzene rings is 2. The van der Waals surface area contributed by atoms with Crippen LogP contribution in [-0.4, -0.2) is 17.6 Å². The molecule has 4 rings (SSSR count). The predicted molar refractivity (Wildman–Crippen MR) is 113 cm³/mol. The van der Waals surface area contributed by atoms with Gasteiger partial charge >= 0.3 is 0 Å². The van der Waals surface area contributed by atoms with Crippen molar-refractivity contribution in [2.24, 2.45) is 5.92 Å². The average Bonchev–Trinajstić information content (AvgIpc) is 3.46. The van der Waals surface area contributed by atoms with Crippen LogP contribution < -0.4 is 10.6 Å². The summed E-state index contributed by atoms with van der Waals surface area (Å²) in [6.45, 7) is 0.299. The molecule has 0 atom stereocenters. The highest BCUT2D eigenvalue weighted by Gasteiger charge is 2.29. The van der Waals surface area contributed by atoms with Crippen molar-refractivity contribution >= 4 is 34.6 Å². The Balaban J connectivity index is 1.44. The molecule has 0 bridgehead atoms. The molecule has 3 aromatic rings. The van der Waals surface area contributed by atoms with E-state index in [-0.39, 0.29) is 23.5 Å². The first-order valence-corrected chi connectivity index (χ1v) is 10.3. The van der Waals surface area contributed by atoms with Gasteiger partial charge in [-0.3, -0.25) is 14.4 Å². The third-order valence-electron chi connectivity index (χ3n) is 4.76. The van der Waals surface area contributed by atoms with Crippen molar-refractivity contribution in [1.82, 2.24) is 5.32 Å². The molecule has 2 aromatic carbocycles. The van der Waals surface area contributed by atoms with Crippen molar-refractivity contribution in [2.45, 2.75) is 19.4 Å². The first kappa shape index (κ1) is 19.1. The fraction of sp³-hybridized carbons (Fsp3) is 0.174. The van der Waals surface area contributed by atoms with Crippen molar-refractivity contribution in [3.63, 3.8) is 0 Å². The molecular weight excluding hydrogens is 384 g/mol. The molecule has 2 amide bonds. The van der Waals surface area contributed by atoms with Crippen LogP contribution in [0.4, 0.5) is 5.69 Å². The number of rotatable bonds is 7. The SMILES string of the molecule is O=C(NCc1cccc(NC(=O)C2CC2)c1)c1ccccc1C(=O)c1cccs1. The number of thiophene rings is 1. The number of ketones is 1. The molecule has 146 valence electrons. The summed E-state index contributed by atoms with van der Waals surface area (Å²) in [7, 11) is 0. The lowest BCUT2D eigenvalue weighted by atomic mass is 10.0. The van der Waals surface area contributed by atoms with E-state index in [2.05, 4.69) is 10.6 Å². The predicted octanol–water partition coefficient (Wildman–Crippen LogP) is 4.26. The number of nitrogens with one attached hydrogen (secondary N) is 2. The van der Waals surface area contributed by atoms with E-state index < -0.39 is 0 Å². The van der Waals surface area contributed by atoms with Gasteiger partial charge in [-0.25, -0.2) is 0 Å². The number of carbonyl (C=O) groups is 3. The maximum Gasteiger partial charge on any atom is 0.252 e. The van der Waals surface area contributed by atoms with Crippen LogP contribution in [0.5, 0.6) is 0 Å². The van der Waals surface area contributed by atoms with Gasteiger partial charge in [-0.1, -0.05) is 36.4 Å². The van der Waals surface area contributed by atoms with Crippen LogP contribution in [0.3, 0.4) is 0 Å². The van der Waals surface area contributed by atoms with Crippen LogP contribution in [0.25, 0.3) is 0 Å². The highest BCUT2D eigenvalue weighted by molar-refractivity contribution is 7.12. The zero-order valence-corrected chi connectivity index (χ0v) is 16.5. The summed E-state index contributed by atoms with van der Waals surface area (Å²) < 4.78 is 0. The number of carbonyl (C=O) groups excluding carboxylic acids is 3. The van der Waals surface area contributed by atoms with Crippen LogP contribution in [0.2, 0.25) is 0 Å². The van der Waals surface area contributed by atoms with E-state index in [1.807, 2.05) is 35.7 Å². The van der Waals surface area contributed by atoms with Gasteiger partial charge in [0, 0.05) is 23.7 Å². The zero-order valence-electron chi connectivity index (χ0n) is 15.7. The van der Waals surface area contributed by atoms with Gasteiger partial charge in [-0.05, 0) is 48.1 Å². The quantitative estimate of drug-likeness (QED) is 0.578. The molecule has 1 saturated carbocycles. The van der Waals surface area contributed by atoms with Gasteiger partial charge < -0.3 is 10.6 Å². The van der Waals surface area contributed by atoms with Crippen molar-refractivity contribution < 1.29 is 14.4 Å². The Bertz CT molecular complexity index is 1060. The van der Waals surface area contributed by atoms with E-state index in [0.29, 0.717) is 22.5 Å². The molecule has 5 nitrogen and oxygen atoms in total. The van der Waals surface area contributed by atoms with Crippen molar-refractivity contribution in [3.8, 4) is 0 Å². The lowest BCUT2D eigenvalue weighted by Gasteiger charge is -2.10. The summed E-state index contributed by atoms with van der Waals surface area (Å²) in [6, 6.07) is 17.8.